The summed E-state index contributed by atoms with van der Waals surface area (Å²) >= 11 is 0. The predicted molar refractivity (Wildman–Crippen MR) is 90.0 cm³/mol. The minimum Gasteiger partial charge on any atom is -0.473 e. The van der Waals surface area contributed by atoms with Gasteiger partial charge in [0.15, 0.2) is 0 Å². The van der Waals surface area contributed by atoms with Crippen LogP contribution in [0.3, 0.4) is 0 Å². The highest BCUT2D eigenvalue weighted by Crippen LogP contribution is 2.59. The van der Waals surface area contributed by atoms with E-state index in [2.05, 4.69) is 18.2 Å². The van der Waals surface area contributed by atoms with Crippen LogP contribution in [-0.4, -0.2) is 25.3 Å². The molecule has 1 aromatic rings. The molecule has 2 heterocycles. The molecule has 1 saturated carbocycles. The molecule has 1 saturated heterocycles. The summed E-state index contributed by atoms with van der Waals surface area (Å²) < 4.78 is 23.2. The summed E-state index contributed by atoms with van der Waals surface area (Å²) in [6.07, 6.45) is 10.7. The van der Waals surface area contributed by atoms with Gasteiger partial charge >= 0.3 is 0 Å². The maximum absolute atomic E-state index is 6.23. The molecular formula is C20H26O4. The zero-order valence-electron chi connectivity index (χ0n) is 14.1. The van der Waals surface area contributed by atoms with Crippen molar-refractivity contribution >= 4 is 0 Å². The predicted octanol–water partition coefficient (Wildman–Crippen LogP) is 4.16. The molecule has 0 aromatic heterocycles. The van der Waals surface area contributed by atoms with Crippen molar-refractivity contribution in [2.75, 3.05) is 13.4 Å². The fourth-order valence-corrected chi connectivity index (χ4v) is 4.55. The molecule has 1 aliphatic carbocycles. The van der Waals surface area contributed by atoms with Gasteiger partial charge in [-0.25, -0.2) is 0 Å². The smallest absolute Gasteiger partial charge is 0.200 e. The van der Waals surface area contributed by atoms with Crippen molar-refractivity contribution in [2.45, 2.75) is 57.0 Å². The summed E-state index contributed by atoms with van der Waals surface area (Å²) in [6.45, 7) is 1.65. The van der Waals surface area contributed by atoms with Crippen LogP contribution in [0.2, 0.25) is 0 Å². The third-order valence-electron chi connectivity index (χ3n) is 5.82. The van der Waals surface area contributed by atoms with Gasteiger partial charge in [-0.15, -0.1) is 0 Å². The normalized spacial score (nSPS) is 33.9. The van der Waals surface area contributed by atoms with Crippen LogP contribution in [0, 0.1) is 5.41 Å². The molecule has 1 spiro atoms. The summed E-state index contributed by atoms with van der Waals surface area (Å²) in [5.74, 6) is 0. The Morgan fingerprint density at radius 2 is 1.96 bits per heavy atom. The van der Waals surface area contributed by atoms with Crippen LogP contribution in [0.4, 0.5) is 0 Å². The second kappa shape index (κ2) is 6.87. The third kappa shape index (κ3) is 2.99. The Bertz CT molecular complexity index is 572. The van der Waals surface area contributed by atoms with Crippen molar-refractivity contribution in [3.8, 4) is 0 Å². The van der Waals surface area contributed by atoms with Gasteiger partial charge in [-0.05, 0) is 30.9 Å². The van der Waals surface area contributed by atoms with Crippen molar-refractivity contribution in [1.82, 2.24) is 0 Å². The molecule has 130 valence electrons. The van der Waals surface area contributed by atoms with E-state index in [0.29, 0.717) is 20.0 Å². The number of fused-ring (bicyclic) bond motifs is 1. The van der Waals surface area contributed by atoms with Gasteiger partial charge in [0, 0.05) is 11.8 Å². The molecule has 3 aliphatic rings. The largest absolute Gasteiger partial charge is 0.473 e. The summed E-state index contributed by atoms with van der Waals surface area (Å²) in [5, 5.41) is 0. The second-order valence-corrected chi connectivity index (χ2v) is 7.18. The second-order valence-electron chi connectivity index (χ2n) is 7.18. The van der Waals surface area contributed by atoms with Gasteiger partial charge in [-0.1, -0.05) is 43.2 Å². The summed E-state index contributed by atoms with van der Waals surface area (Å²) in [4.78, 5) is 0. The Hall–Kier alpha value is -1.36. The Labute approximate surface area is 143 Å². The summed E-state index contributed by atoms with van der Waals surface area (Å²) in [6, 6.07) is 10.2. The highest BCUT2D eigenvalue weighted by molar-refractivity contribution is 5.18. The van der Waals surface area contributed by atoms with Gasteiger partial charge in [0.1, 0.15) is 6.79 Å². The highest BCUT2D eigenvalue weighted by Gasteiger charge is 2.60. The van der Waals surface area contributed by atoms with Crippen molar-refractivity contribution in [2.24, 2.45) is 5.41 Å². The fourth-order valence-electron chi connectivity index (χ4n) is 4.55. The van der Waals surface area contributed by atoms with E-state index in [9.17, 15) is 0 Å². The minimum absolute atomic E-state index is 0.0672. The highest BCUT2D eigenvalue weighted by atomic mass is 16.7. The Balaban J connectivity index is 1.25. The molecule has 3 atom stereocenters. The molecule has 4 nitrogen and oxygen atoms in total. The van der Waals surface area contributed by atoms with E-state index in [1.165, 1.54) is 24.8 Å². The molecule has 0 N–H and O–H groups in total. The van der Waals surface area contributed by atoms with E-state index in [1.807, 2.05) is 24.5 Å². The molecule has 24 heavy (non-hydrogen) atoms. The molecule has 2 aliphatic heterocycles. The summed E-state index contributed by atoms with van der Waals surface area (Å²) in [5.41, 5.74) is 1.22. The van der Waals surface area contributed by atoms with Crippen molar-refractivity contribution in [1.29, 1.82) is 0 Å². The average Bonchev–Trinajstić information content (AvgIpc) is 2.85. The van der Waals surface area contributed by atoms with Crippen LogP contribution in [0.1, 0.15) is 44.1 Å². The molecular weight excluding hydrogens is 304 g/mol. The standard InChI is InChI=1S/C20H26O4/c1-2-6-17(7-3-1)15-22-16-21-12-10-19-8-4-5-9-20(19)11-13-23-18(14-19)24-20/h1-3,6-7,11,13,18H,4-5,8-10,12,14-16H2/t18-,19-,20-/m1/s1. The first-order valence-corrected chi connectivity index (χ1v) is 9.02. The molecule has 2 bridgehead atoms. The van der Waals surface area contributed by atoms with Crippen LogP contribution in [0.5, 0.6) is 0 Å². The molecule has 1 aromatic carbocycles. The van der Waals surface area contributed by atoms with Crippen LogP contribution < -0.4 is 0 Å². The maximum Gasteiger partial charge on any atom is 0.200 e. The molecule has 0 amide bonds. The van der Waals surface area contributed by atoms with Gasteiger partial charge < -0.3 is 18.9 Å². The van der Waals surface area contributed by atoms with Crippen molar-refractivity contribution in [3.05, 3.63) is 48.2 Å². The van der Waals surface area contributed by atoms with Crippen molar-refractivity contribution < 1.29 is 18.9 Å². The topological polar surface area (TPSA) is 36.9 Å². The number of rotatable bonds is 7. The van der Waals surface area contributed by atoms with E-state index in [0.717, 1.165) is 19.3 Å². The lowest BCUT2D eigenvalue weighted by Crippen LogP contribution is -2.47. The van der Waals surface area contributed by atoms with Gasteiger partial charge in [-0.3, -0.25) is 0 Å². The molecule has 4 heteroatoms. The van der Waals surface area contributed by atoms with Gasteiger partial charge in [0.25, 0.3) is 0 Å². The van der Waals surface area contributed by atoms with Crippen LogP contribution in [0.25, 0.3) is 0 Å². The Kier molecular flexibility index (Phi) is 4.61. The van der Waals surface area contributed by atoms with Gasteiger partial charge in [0.2, 0.25) is 6.29 Å². The van der Waals surface area contributed by atoms with Gasteiger partial charge in [0.05, 0.1) is 25.1 Å². The zero-order chi connectivity index (χ0) is 16.3. The lowest BCUT2D eigenvalue weighted by molar-refractivity contribution is -0.165. The molecule has 2 fully saturated rings. The van der Waals surface area contributed by atoms with E-state index in [1.54, 1.807) is 0 Å². The summed E-state index contributed by atoms with van der Waals surface area (Å²) in [7, 11) is 0. The van der Waals surface area contributed by atoms with E-state index >= 15 is 0 Å². The average molecular weight is 330 g/mol. The van der Waals surface area contributed by atoms with E-state index in [-0.39, 0.29) is 17.3 Å². The van der Waals surface area contributed by atoms with E-state index in [4.69, 9.17) is 18.9 Å². The molecule has 4 rings (SSSR count). The minimum atomic E-state index is -0.123. The Morgan fingerprint density at radius 3 is 2.88 bits per heavy atom. The first kappa shape index (κ1) is 16.1. The SMILES string of the molecule is C1=C[C@]23CCCC[C@@]2(CCOCOCc2ccccc2)C[C@H](O1)O3. The molecule has 0 radical (unpaired) electrons. The zero-order valence-corrected chi connectivity index (χ0v) is 14.1. The molecule has 0 unspecified atom stereocenters. The lowest BCUT2D eigenvalue weighted by Gasteiger charge is -2.46. The van der Waals surface area contributed by atoms with Crippen LogP contribution in [0.15, 0.2) is 42.7 Å². The number of hydrogen-bond donors (Lipinski definition) is 0. The fraction of sp³-hybridized carbons (Fsp3) is 0.600. The van der Waals surface area contributed by atoms with Crippen LogP contribution >= 0.6 is 0 Å². The first-order chi connectivity index (χ1) is 11.8. The van der Waals surface area contributed by atoms with E-state index < -0.39 is 0 Å². The maximum atomic E-state index is 6.23. The first-order valence-electron chi connectivity index (χ1n) is 9.02. The van der Waals surface area contributed by atoms with Crippen LogP contribution in [-0.2, 0) is 25.6 Å². The Morgan fingerprint density at radius 1 is 1.08 bits per heavy atom. The lowest BCUT2D eigenvalue weighted by atomic mass is 9.61. The van der Waals surface area contributed by atoms with Gasteiger partial charge in [-0.2, -0.15) is 0 Å². The number of ether oxygens (including phenoxy) is 4. The third-order valence-corrected chi connectivity index (χ3v) is 5.82. The quantitative estimate of drug-likeness (QED) is 0.556. The number of benzene rings is 1. The number of hydrogen-bond acceptors (Lipinski definition) is 4. The van der Waals surface area contributed by atoms with Crippen molar-refractivity contribution in [3.63, 3.8) is 0 Å². The monoisotopic (exact) mass is 330 g/mol.